The van der Waals surface area contributed by atoms with Crippen LogP contribution in [0.2, 0.25) is 0 Å². The highest BCUT2D eigenvalue weighted by Gasteiger charge is 2.33. The van der Waals surface area contributed by atoms with Gasteiger partial charge >= 0.3 is 6.18 Å². The third kappa shape index (κ3) is 3.96. The molecule has 0 saturated heterocycles. The molecule has 1 aromatic rings. The van der Waals surface area contributed by atoms with Crippen LogP contribution >= 0.6 is 0 Å². The molecule has 20 heavy (non-hydrogen) atoms. The van der Waals surface area contributed by atoms with E-state index in [1.54, 1.807) is 0 Å². The minimum atomic E-state index is -4.28. The first kappa shape index (κ1) is 15.3. The minimum absolute atomic E-state index is 0.166. The van der Waals surface area contributed by atoms with Crippen LogP contribution in [0.4, 0.5) is 13.2 Å². The molecule has 112 valence electrons. The monoisotopic (exact) mass is 287 g/mol. The fourth-order valence-corrected chi connectivity index (χ4v) is 2.77. The van der Waals surface area contributed by atoms with Gasteiger partial charge in [-0.2, -0.15) is 13.2 Å². The maximum Gasteiger partial charge on any atom is 0.411 e. The molecular formula is C15H20F3NO. The molecular weight excluding hydrogens is 267 g/mol. The molecule has 1 aromatic carbocycles. The van der Waals surface area contributed by atoms with E-state index in [-0.39, 0.29) is 6.04 Å². The summed E-state index contributed by atoms with van der Waals surface area (Å²) in [7, 11) is 0. The summed E-state index contributed by atoms with van der Waals surface area (Å²) < 4.78 is 42.3. The Kier molecular flexibility index (Phi) is 5.05. The third-order valence-corrected chi connectivity index (χ3v) is 3.58. The van der Waals surface area contributed by atoms with Crippen molar-refractivity contribution in [3.05, 3.63) is 35.4 Å². The lowest BCUT2D eigenvalue weighted by molar-refractivity contribution is -0.189. The van der Waals surface area contributed by atoms with Crippen molar-refractivity contribution in [3.63, 3.8) is 0 Å². The zero-order valence-corrected chi connectivity index (χ0v) is 11.5. The molecule has 2 atom stereocenters. The Bertz CT molecular complexity index is 433. The van der Waals surface area contributed by atoms with Gasteiger partial charge in [-0.25, -0.2) is 0 Å². The molecule has 0 heterocycles. The second-order valence-electron chi connectivity index (χ2n) is 5.09. The highest BCUT2D eigenvalue weighted by Crippen LogP contribution is 2.31. The summed E-state index contributed by atoms with van der Waals surface area (Å²) in [6.45, 7) is 1.47. The Morgan fingerprint density at radius 3 is 2.75 bits per heavy atom. The summed E-state index contributed by atoms with van der Waals surface area (Å²) in [6.07, 6.45) is -2.32. The largest absolute Gasteiger partial charge is 0.411 e. The van der Waals surface area contributed by atoms with Crippen molar-refractivity contribution in [1.82, 2.24) is 5.32 Å². The van der Waals surface area contributed by atoms with Crippen LogP contribution in [0.1, 0.15) is 36.9 Å². The van der Waals surface area contributed by atoms with Crippen LogP contribution < -0.4 is 5.32 Å². The Balaban J connectivity index is 2.18. The van der Waals surface area contributed by atoms with E-state index in [1.807, 2.05) is 31.2 Å². The summed E-state index contributed by atoms with van der Waals surface area (Å²) in [5.74, 6) is 0. The van der Waals surface area contributed by atoms with Gasteiger partial charge in [0, 0.05) is 0 Å². The molecule has 2 nitrogen and oxygen atoms in total. The molecule has 0 amide bonds. The maximum atomic E-state index is 12.4. The molecule has 0 bridgehead atoms. The van der Waals surface area contributed by atoms with E-state index >= 15 is 0 Å². The van der Waals surface area contributed by atoms with Crippen molar-refractivity contribution in [3.8, 4) is 0 Å². The van der Waals surface area contributed by atoms with Gasteiger partial charge in [-0.3, -0.25) is 0 Å². The summed E-state index contributed by atoms with van der Waals surface area (Å²) in [6, 6.07) is 7.76. The number of nitrogens with one attached hydrogen (secondary N) is 1. The van der Waals surface area contributed by atoms with Crippen molar-refractivity contribution >= 4 is 0 Å². The molecule has 0 spiro atoms. The lowest BCUT2D eigenvalue weighted by Gasteiger charge is -2.28. The normalized spacial score (nSPS) is 23.2. The second kappa shape index (κ2) is 6.59. The van der Waals surface area contributed by atoms with Crippen molar-refractivity contribution < 1.29 is 17.9 Å². The summed E-state index contributed by atoms with van der Waals surface area (Å²) in [4.78, 5) is 0. The molecule has 5 heteroatoms. The molecule has 0 aliphatic heterocycles. The molecule has 2 unspecified atom stereocenters. The van der Waals surface area contributed by atoms with Crippen LogP contribution in [-0.4, -0.2) is 25.4 Å². The number of alkyl halides is 3. The predicted molar refractivity (Wildman–Crippen MR) is 71.6 cm³/mol. The second-order valence-corrected chi connectivity index (χ2v) is 5.09. The van der Waals surface area contributed by atoms with Crippen molar-refractivity contribution in [2.75, 3.05) is 13.2 Å². The van der Waals surface area contributed by atoms with Crippen LogP contribution in [0.25, 0.3) is 0 Å². The minimum Gasteiger partial charge on any atom is -0.367 e. The Morgan fingerprint density at radius 1 is 1.30 bits per heavy atom. The SMILES string of the molecule is CCNC1c2ccccc2CCCC1OCC(F)(F)F. The number of rotatable bonds is 4. The van der Waals surface area contributed by atoms with Gasteiger partial charge in [0.15, 0.2) is 0 Å². The van der Waals surface area contributed by atoms with Crippen LogP contribution in [0.15, 0.2) is 24.3 Å². The Hall–Kier alpha value is -1.07. The van der Waals surface area contributed by atoms with E-state index in [4.69, 9.17) is 4.74 Å². The van der Waals surface area contributed by atoms with Crippen molar-refractivity contribution in [2.45, 2.75) is 44.5 Å². The number of halogens is 3. The van der Waals surface area contributed by atoms with E-state index in [0.717, 1.165) is 18.4 Å². The van der Waals surface area contributed by atoms with Crippen molar-refractivity contribution in [1.29, 1.82) is 0 Å². The van der Waals surface area contributed by atoms with E-state index in [9.17, 15) is 13.2 Å². The highest BCUT2D eigenvalue weighted by molar-refractivity contribution is 5.32. The molecule has 1 aliphatic carbocycles. The third-order valence-electron chi connectivity index (χ3n) is 3.58. The van der Waals surface area contributed by atoms with E-state index < -0.39 is 18.9 Å². The summed E-state index contributed by atoms with van der Waals surface area (Å²) in [5.41, 5.74) is 2.27. The summed E-state index contributed by atoms with van der Waals surface area (Å²) in [5, 5.41) is 3.27. The fraction of sp³-hybridized carbons (Fsp3) is 0.600. The van der Waals surface area contributed by atoms with Crippen LogP contribution in [0, 0.1) is 0 Å². The smallest absolute Gasteiger partial charge is 0.367 e. The zero-order chi connectivity index (χ0) is 14.6. The number of fused-ring (bicyclic) bond motifs is 1. The number of hydrogen-bond donors (Lipinski definition) is 1. The molecule has 2 rings (SSSR count). The van der Waals surface area contributed by atoms with Crippen LogP contribution in [0.5, 0.6) is 0 Å². The molecule has 0 fully saturated rings. The number of benzene rings is 1. The summed E-state index contributed by atoms with van der Waals surface area (Å²) >= 11 is 0. The van der Waals surface area contributed by atoms with Gasteiger partial charge in [-0.05, 0) is 36.9 Å². The van der Waals surface area contributed by atoms with E-state index in [2.05, 4.69) is 5.32 Å². The zero-order valence-electron chi connectivity index (χ0n) is 11.5. The lowest BCUT2D eigenvalue weighted by atomic mass is 9.97. The molecule has 1 aliphatic rings. The van der Waals surface area contributed by atoms with E-state index in [1.165, 1.54) is 5.56 Å². The van der Waals surface area contributed by atoms with Crippen molar-refractivity contribution in [2.24, 2.45) is 0 Å². The van der Waals surface area contributed by atoms with Gasteiger partial charge in [0.05, 0.1) is 12.1 Å². The van der Waals surface area contributed by atoms with Gasteiger partial charge in [0.1, 0.15) is 6.61 Å². The number of ether oxygens (including phenoxy) is 1. The Morgan fingerprint density at radius 2 is 2.05 bits per heavy atom. The molecule has 0 aromatic heterocycles. The number of hydrogen-bond acceptors (Lipinski definition) is 2. The molecule has 1 N–H and O–H groups in total. The van der Waals surface area contributed by atoms with Crippen LogP contribution in [-0.2, 0) is 11.2 Å². The van der Waals surface area contributed by atoms with E-state index in [0.29, 0.717) is 13.0 Å². The standard InChI is InChI=1S/C15H20F3NO/c1-2-19-14-12-8-4-3-6-11(12)7-5-9-13(14)20-10-15(16,17)18/h3-4,6,8,13-14,19H,2,5,7,9-10H2,1H3. The topological polar surface area (TPSA) is 21.3 Å². The quantitative estimate of drug-likeness (QED) is 0.854. The number of aryl methyl sites for hydroxylation is 1. The molecule has 0 saturated carbocycles. The average Bonchev–Trinajstić information content (AvgIpc) is 2.56. The first-order valence-electron chi connectivity index (χ1n) is 7.01. The van der Waals surface area contributed by atoms with Gasteiger partial charge in [0.25, 0.3) is 0 Å². The van der Waals surface area contributed by atoms with Gasteiger partial charge in [-0.15, -0.1) is 0 Å². The number of likely N-dealkylation sites (N-methyl/N-ethyl adjacent to an activating group) is 1. The van der Waals surface area contributed by atoms with Gasteiger partial charge < -0.3 is 10.1 Å². The predicted octanol–water partition coefficient (Wildman–Crippen LogP) is 3.62. The van der Waals surface area contributed by atoms with Gasteiger partial charge in [0.2, 0.25) is 0 Å². The van der Waals surface area contributed by atoms with Crippen LogP contribution in [0.3, 0.4) is 0 Å². The average molecular weight is 287 g/mol. The maximum absolute atomic E-state index is 12.4. The van der Waals surface area contributed by atoms with Gasteiger partial charge in [-0.1, -0.05) is 31.2 Å². The fourth-order valence-electron chi connectivity index (χ4n) is 2.77. The first-order valence-corrected chi connectivity index (χ1v) is 7.01. The molecule has 0 radical (unpaired) electrons. The lowest BCUT2D eigenvalue weighted by Crippen LogP contribution is -2.35. The highest BCUT2D eigenvalue weighted by atomic mass is 19.4. The Labute approximate surface area is 117 Å². The first-order chi connectivity index (χ1) is 9.51.